The minimum Gasteiger partial charge on any atom is -0.397 e. The van der Waals surface area contributed by atoms with Crippen molar-refractivity contribution in [3.63, 3.8) is 0 Å². The maximum atomic E-state index is 8.84. The molecular formula is C17H13N3. The largest absolute Gasteiger partial charge is 0.397 e. The van der Waals surface area contributed by atoms with Crippen molar-refractivity contribution in [1.82, 2.24) is 0 Å². The zero-order valence-corrected chi connectivity index (χ0v) is 10.8. The highest BCUT2D eigenvalue weighted by Gasteiger charge is 2.02. The Morgan fingerprint density at radius 3 is 2.45 bits per heavy atom. The van der Waals surface area contributed by atoms with Crippen molar-refractivity contribution in [3.05, 3.63) is 66.2 Å². The number of hydrogen-bond acceptors (Lipinski definition) is 3. The fourth-order valence-corrected chi connectivity index (χ4v) is 2.17. The lowest BCUT2D eigenvalue weighted by Crippen LogP contribution is -1.96. The van der Waals surface area contributed by atoms with Crippen LogP contribution in [-0.2, 0) is 0 Å². The summed E-state index contributed by atoms with van der Waals surface area (Å²) in [6.45, 7) is 0. The minimum absolute atomic E-state index is 0.562. The first-order valence-electron chi connectivity index (χ1n) is 6.32. The molecule has 3 rings (SSSR count). The Morgan fingerprint density at radius 1 is 0.900 bits per heavy atom. The molecule has 3 aromatic carbocycles. The fourth-order valence-electron chi connectivity index (χ4n) is 2.17. The predicted octanol–water partition coefficient (Wildman–Crippen LogP) is 4.04. The molecule has 0 heterocycles. The topological polar surface area (TPSA) is 61.8 Å². The van der Waals surface area contributed by atoms with Gasteiger partial charge in [-0.1, -0.05) is 30.3 Å². The monoisotopic (exact) mass is 259 g/mol. The molecule has 0 spiro atoms. The lowest BCUT2D eigenvalue weighted by Gasteiger charge is -2.10. The van der Waals surface area contributed by atoms with Crippen LogP contribution in [0, 0.1) is 11.3 Å². The standard InChI is InChI=1S/C17H13N3/c18-11-12-5-8-17(16(19)9-12)20-15-7-6-13-3-1-2-4-14(13)10-15/h1-10,20H,19H2. The summed E-state index contributed by atoms with van der Waals surface area (Å²) in [6.07, 6.45) is 0. The second kappa shape index (κ2) is 4.94. The van der Waals surface area contributed by atoms with Gasteiger partial charge in [-0.15, -0.1) is 0 Å². The molecule has 0 aliphatic carbocycles. The summed E-state index contributed by atoms with van der Waals surface area (Å²) in [5.74, 6) is 0. The summed E-state index contributed by atoms with van der Waals surface area (Å²) < 4.78 is 0. The number of nitrogens with one attached hydrogen (secondary N) is 1. The van der Waals surface area contributed by atoms with Crippen molar-refractivity contribution < 1.29 is 0 Å². The van der Waals surface area contributed by atoms with Gasteiger partial charge in [-0.25, -0.2) is 0 Å². The van der Waals surface area contributed by atoms with Gasteiger partial charge < -0.3 is 11.1 Å². The van der Waals surface area contributed by atoms with Gasteiger partial charge in [0.1, 0.15) is 0 Å². The van der Waals surface area contributed by atoms with E-state index in [-0.39, 0.29) is 0 Å². The number of rotatable bonds is 2. The highest BCUT2D eigenvalue weighted by Crippen LogP contribution is 2.26. The van der Waals surface area contributed by atoms with E-state index in [1.54, 1.807) is 12.1 Å². The molecule has 0 unspecified atom stereocenters. The molecule has 3 heteroatoms. The zero-order valence-electron chi connectivity index (χ0n) is 10.8. The van der Waals surface area contributed by atoms with E-state index in [0.29, 0.717) is 11.3 Å². The molecular weight excluding hydrogens is 246 g/mol. The van der Waals surface area contributed by atoms with Crippen LogP contribution in [0.15, 0.2) is 60.7 Å². The van der Waals surface area contributed by atoms with Gasteiger partial charge in [-0.3, -0.25) is 0 Å². The van der Waals surface area contributed by atoms with Crippen LogP contribution in [0.25, 0.3) is 10.8 Å². The summed E-state index contributed by atoms with van der Waals surface area (Å²) in [5.41, 5.74) is 8.85. The van der Waals surface area contributed by atoms with Crippen LogP contribution >= 0.6 is 0 Å². The van der Waals surface area contributed by atoms with E-state index in [1.165, 1.54) is 10.8 Å². The Labute approximate surface area is 117 Å². The summed E-state index contributed by atoms with van der Waals surface area (Å²) in [7, 11) is 0. The van der Waals surface area contributed by atoms with Crippen LogP contribution < -0.4 is 11.1 Å². The molecule has 96 valence electrons. The van der Waals surface area contributed by atoms with Crippen molar-refractivity contribution in [1.29, 1.82) is 5.26 Å². The van der Waals surface area contributed by atoms with E-state index in [1.807, 2.05) is 24.3 Å². The van der Waals surface area contributed by atoms with Crippen LogP contribution in [-0.4, -0.2) is 0 Å². The van der Waals surface area contributed by atoms with Gasteiger partial charge >= 0.3 is 0 Å². The van der Waals surface area contributed by atoms with E-state index in [0.717, 1.165) is 11.4 Å². The van der Waals surface area contributed by atoms with Crippen LogP contribution in [0.2, 0.25) is 0 Å². The zero-order chi connectivity index (χ0) is 13.9. The van der Waals surface area contributed by atoms with Gasteiger partial charge in [0.2, 0.25) is 0 Å². The maximum Gasteiger partial charge on any atom is 0.0992 e. The van der Waals surface area contributed by atoms with Crippen LogP contribution in [0.5, 0.6) is 0 Å². The number of nitriles is 1. The third-order valence-electron chi connectivity index (χ3n) is 3.21. The van der Waals surface area contributed by atoms with Crippen LogP contribution in [0.3, 0.4) is 0 Å². The first-order chi connectivity index (χ1) is 9.76. The number of nitrogen functional groups attached to an aromatic ring is 1. The third-order valence-corrected chi connectivity index (χ3v) is 3.21. The molecule has 0 aromatic heterocycles. The van der Waals surface area contributed by atoms with Crippen molar-refractivity contribution in [2.45, 2.75) is 0 Å². The Balaban J connectivity index is 1.95. The van der Waals surface area contributed by atoms with Crippen molar-refractivity contribution in [2.75, 3.05) is 11.1 Å². The van der Waals surface area contributed by atoms with E-state index in [4.69, 9.17) is 11.0 Å². The molecule has 0 fully saturated rings. The Kier molecular flexibility index (Phi) is 2.98. The Morgan fingerprint density at radius 2 is 1.70 bits per heavy atom. The number of hydrogen-bond donors (Lipinski definition) is 2. The first-order valence-corrected chi connectivity index (χ1v) is 6.32. The predicted molar refractivity (Wildman–Crippen MR) is 82.8 cm³/mol. The van der Waals surface area contributed by atoms with Gasteiger partial charge in [0.15, 0.2) is 0 Å². The summed E-state index contributed by atoms with van der Waals surface area (Å²) >= 11 is 0. The molecule has 0 aliphatic heterocycles. The van der Waals surface area contributed by atoms with Gasteiger partial charge in [0.05, 0.1) is 23.0 Å². The SMILES string of the molecule is N#Cc1ccc(Nc2ccc3ccccc3c2)c(N)c1. The molecule has 0 bridgehead atoms. The quantitative estimate of drug-likeness (QED) is 0.683. The molecule has 0 saturated heterocycles. The molecule has 0 amide bonds. The lowest BCUT2D eigenvalue weighted by atomic mass is 10.1. The number of nitrogens with zero attached hydrogens (tertiary/aromatic N) is 1. The highest BCUT2D eigenvalue weighted by atomic mass is 14.9. The highest BCUT2D eigenvalue weighted by molar-refractivity contribution is 5.87. The second-order valence-corrected chi connectivity index (χ2v) is 4.60. The van der Waals surface area contributed by atoms with Gasteiger partial charge in [-0.2, -0.15) is 5.26 Å². The molecule has 3 nitrogen and oxygen atoms in total. The van der Waals surface area contributed by atoms with Crippen molar-refractivity contribution >= 4 is 27.8 Å². The van der Waals surface area contributed by atoms with E-state index < -0.39 is 0 Å². The number of benzene rings is 3. The molecule has 3 N–H and O–H groups in total. The van der Waals surface area contributed by atoms with Crippen molar-refractivity contribution in [3.8, 4) is 6.07 Å². The van der Waals surface area contributed by atoms with Crippen molar-refractivity contribution in [2.24, 2.45) is 0 Å². The van der Waals surface area contributed by atoms with Gasteiger partial charge in [0, 0.05) is 5.69 Å². The number of fused-ring (bicyclic) bond motifs is 1. The third kappa shape index (κ3) is 2.27. The smallest absolute Gasteiger partial charge is 0.0992 e. The number of nitrogens with two attached hydrogens (primary N) is 1. The second-order valence-electron chi connectivity index (χ2n) is 4.60. The summed E-state index contributed by atoms with van der Waals surface area (Å²) in [4.78, 5) is 0. The van der Waals surface area contributed by atoms with Gasteiger partial charge in [0.25, 0.3) is 0 Å². The van der Waals surface area contributed by atoms with Gasteiger partial charge in [-0.05, 0) is 41.1 Å². The minimum atomic E-state index is 0.562. The molecule has 0 saturated carbocycles. The molecule has 20 heavy (non-hydrogen) atoms. The first kappa shape index (κ1) is 12.1. The van der Waals surface area contributed by atoms with E-state index in [9.17, 15) is 0 Å². The van der Waals surface area contributed by atoms with E-state index >= 15 is 0 Å². The molecule has 0 aliphatic rings. The Hall–Kier alpha value is -2.99. The van der Waals surface area contributed by atoms with E-state index in [2.05, 4.69) is 35.7 Å². The number of anilines is 3. The molecule has 0 atom stereocenters. The normalized spacial score (nSPS) is 10.2. The average Bonchev–Trinajstić information content (AvgIpc) is 2.49. The maximum absolute atomic E-state index is 8.84. The average molecular weight is 259 g/mol. The summed E-state index contributed by atoms with van der Waals surface area (Å²) in [5, 5.41) is 14.5. The lowest BCUT2D eigenvalue weighted by molar-refractivity contribution is 1.47. The summed E-state index contributed by atoms with van der Waals surface area (Å²) in [6, 6.07) is 21.7. The molecule has 0 radical (unpaired) electrons. The van der Waals surface area contributed by atoms with Crippen LogP contribution in [0.4, 0.5) is 17.1 Å². The molecule has 3 aromatic rings. The van der Waals surface area contributed by atoms with Crippen LogP contribution in [0.1, 0.15) is 5.56 Å². The fraction of sp³-hybridized carbons (Fsp3) is 0. The Bertz CT molecular complexity index is 816.